The Balaban J connectivity index is 1.93. The van der Waals surface area contributed by atoms with Crippen LogP contribution in [0.5, 0.6) is 0 Å². The van der Waals surface area contributed by atoms with Gasteiger partial charge in [-0.25, -0.2) is 9.97 Å². The molecule has 0 bridgehead atoms. The van der Waals surface area contributed by atoms with Gasteiger partial charge in [0.25, 0.3) is 5.91 Å². The van der Waals surface area contributed by atoms with Gasteiger partial charge in [-0.1, -0.05) is 23.7 Å². The van der Waals surface area contributed by atoms with Crippen molar-refractivity contribution < 1.29 is 4.79 Å². The number of benzene rings is 1. The number of aromatic amines is 1. The number of carbonyl (C=O) groups is 1. The topological polar surface area (TPSA) is 83.6 Å². The van der Waals surface area contributed by atoms with Crippen LogP contribution in [0, 0.1) is 13.8 Å². The lowest BCUT2D eigenvalue weighted by atomic mass is 9.94. The van der Waals surface area contributed by atoms with Crippen LogP contribution in [0.25, 0.3) is 11.0 Å². The number of nitrogens with one attached hydrogen (secondary N) is 2. The summed E-state index contributed by atoms with van der Waals surface area (Å²) in [5.41, 5.74) is 2.60. The lowest BCUT2D eigenvalue weighted by Crippen LogP contribution is -2.41. The quantitative estimate of drug-likeness (QED) is 0.764. The second kappa shape index (κ2) is 5.87. The highest BCUT2D eigenvalue weighted by Gasteiger charge is 2.26. The van der Waals surface area contributed by atoms with Crippen molar-refractivity contribution in [1.82, 2.24) is 25.5 Å². The van der Waals surface area contributed by atoms with E-state index in [1.807, 2.05) is 32.9 Å². The number of carbonyl (C=O) groups excluding carboxylic acids is 1. The molecule has 124 valence electrons. The largest absolute Gasteiger partial charge is 0.342 e. The first-order valence-electron chi connectivity index (χ1n) is 7.56. The van der Waals surface area contributed by atoms with Crippen LogP contribution < -0.4 is 5.32 Å². The number of aromatic nitrogens is 4. The molecule has 1 amide bonds. The Morgan fingerprint density at radius 2 is 1.83 bits per heavy atom. The number of aryl methyl sites for hydroxylation is 2. The normalized spacial score (nSPS) is 11.7. The van der Waals surface area contributed by atoms with Crippen LogP contribution in [-0.4, -0.2) is 26.1 Å². The van der Waals surface area contributed by atoms with Crippen molar-refractivity contribution >= 4 is 28.5 Å². The van der Waals surface area contributed by atoms with Crippen LogP contribution in [0.2, 0.25) is 5.02 Å². The number of rotatable bonds is 3. The van der Waals surface area contributed by atoms with Gasteiger partial charge in [-0.2, -0.15) is 5.10 Å². The molecule has 3 aromatic rings. The molecule has 6 nitrogen and oxygen atoms in total. The summed E-state index contributed by atoms with van der Waals surface area (Å²) in [6.07, 6.45) is 0. The summed E-state index contributed by atoms with van der Waals surface area (Å²) in [7, 11) is 0. The van der Waals surface area contributed by atoms with Crippen molar-refractivity contribution in [3.63, 3.8) is 0 Å². The van der Waals surface area contributed by atoms with E-state index in [-0.39, 0.29) is 11.6 Å². The molecule has 0 saturated heterocycles. The van der Waals surface area contributed by atoms with Gasteiger partial charge in [-0.3, -0.25) is 9.89 Å². The molecule has 0 atom stereocenters. The molecule has 0 radical (unpaired) electrons. The Labute approximate surface area is 144 Å². The van der Waals surface area contributed by atoms with Gasteiger partial charge in [-0.15, -0.1) is 0 Å². The molecule has 0 spiro atoms. The van der Waals surface area contributed by atoms with Crippen molar-refractivity contribution in [2.24, 2.45) is 0 Å². The number of fused-ring (bicyclic) bond motifs is 1. The van der Waals surface area contributed by atoms with Crippen LogP contribution >= 0.6 is 11.6 Å². The maximum Gasteiger partial charge on any atom is 0.274 e. The third-order valence-electron chi connectivity index (χ3n) is 3.91. The first-order chi connectivity index (χ1) is 11.3. The second-order valence-electron chi connectivity index (χ2n) is 6.24. The summed E-state index contributed by atoms with van der Waals surface area (Å²) >= 11 is 5.93. The molecule has 2 aromatic heterocycles. The zero-order chi connectivity index (χ0) is 17.5. The Hall–Kier alpha value is -2.47. The fourth-order valence-electron chi connectivity index (χ4n) is 2.62. The van der Waals surface area contributed by atoms with Gasteiger partial charge in [0.15, 0.2) is 5.69 Å². The third-order valence-corrected chi connectivity index (χ3v) is 4.16. The van der Waals surface area contributed by atoms with Gasteiger partial charge in [0, 0.05) is 5.02 Å². The highest BCUT2D eigenvalue weighted by atomic mass is 35.5. The standard InChI is InChI=1S/C17H18ClN5O/c1-9-13-14(20-10(2)19-9)15(23-22-13)16(24)21-17(3,4)11-5-7-12(18)8-6-11/h5-8H,1-4H3,(H,21,24)(H,22,23). The maximum absolute atomic E-state index is 12.7. The first kappa shape index (κ1) is 16.4. The molecule has 3 rings (SSSR count). The van der Waals surface area contributed by atoms with Crippen LogP contribution in [0.4, 0.5) is 0 Å². The van der Waals surface area contributed by atoms with Crippen molar-refractivity contribution in [3.05, 3.63) is 52.1 Å². The van der Waals surface area contributed by atoms with Crippen LogP contribution in [0.3, 0.4) is 0 Å². The van der Waals surface area contributed by atoms with Crippen molar-refractivity contribution in [2.75, 3.05) is 0 Å². The van der Waals surface area contributed by atoms with Gasteiger partial charge < -0.3 is 5.32 Å². The lowest BCUT2D eigenvalue weighted by Gasteiger charge is -2.26. The Morgan fingerprint density at radius 3 is 2.50 bits per heavy atom. The summed E-state index contributed by atoms with van der Waals surface area (Å²) in [4.78, 5) is 21.3. The fraction of sp³-hybridized carbons (Fsp3) is 0.294. The molecule has 0 unspecified atom stereocenters. The van der Waals surface area contributed by atoms with Crippen molar-refractivity contribution in [1.29, 1.82) is 0 Å². The molecule has 0 saturated carbocycles. The summed E-state index contributed by atoms with van der Waals surface area (Å²) < 4.78 is 0. The zero-order valence-corrected chi connectivity index (χ0v) is 14.7. The average Bonchev–Trinajstić information content (AvgIpc) is 2.91. The molecular weight excluding hydrogens is 326 g/mol. The van der Waals surface area contributed by atoms with Gasteiger partial charge >= 0.3 is 0 Å². The number of nitrogens with zero attached hydrogens (tertiary/aromatic N) is 3. The van der Waals surface area contributed by atoms with Gasteiger partial charge in [0.2, 0.25) is 0 Å². The number of hydrogen-bond donors (Lipinski definition) is 2. The molecule has 7 heteroatoms. The summed E-state index contributed by atoms with van der Waals surface area (Å²) in [6.45, 7) is 7.50. The van der Waals surface area contributed by atoms with Crippen LogP contribution in [0.15, 0.2) is 24.3 Å². The van der Waals surface area contributed by atoms with Gasteiger partial charge in [0.1, 0.15) is 16.9 Å². The van der Waals surface area contributed by atoms with Gasteiger partial charge in [-0.05, 0) is 45.4 Å². The number of amides is 1. The van der Waals surface area contributed by atoms with Crippen LogP contribution in [0.1, 0.15) is 41.4 Å². The molecule has 0 aliphatic heterocycles. The van der Waals surface area contributed by atoms with E-state index in [0.29, 0.717) is 21.9 Å². The molecular formula is C17H18ClN5O. The second-order valence-corrected chi connectivity index (χ2v) is 6.67. The minimum absolute atomic E-state index is 0.264. The number of hydrogen-bond acceptors (Lipinski definition) is 4. The minimum atomic E-state index is -0.579. The SMILES string of the molecule is Cc1nc(C)c2[nH]nc(C(=O)NC(C)(C)c3ccc(Cl)cc3)c2n1. The van der Waals surface area contributed by atoms with E-state index in [4.69, 9.17) is 11.6 Å². The Bertz CT molecular complexity index is 915. The zero-order valence-electron chi connectivity index (χ0n) is 13.9. The van der Waals surface area contributed by atoms with Crippen LogP contribution in [-0.2, 0) is 5.54 Å². The third kappa shape index (κ3) is 2.97. The Kier molecular flexibility index (Phi) is 4.01. The average molecular weight is 344 g/mol. The molecule has 0 fully saturated rings. The molecule has 0 aliphatic carbocycles. The van der Waals surface area contributed by atoms with Gasteiger partial charge in [0.05, 0.1) is 11.2 Å². The monoisotopic (exact) mass is 343 g/mol. The highest BCUT2D eigenvalue weighted by molar-refractivity contribution is 6.30. The van der Waals surface area contributed by atoms with E-state index >= 15 is 0 Å². The van der Waals surface area contributed by atoms with E-state index in [1.165, 1.54) is 0 Å². The van der Waals surface area contributed by atoms with E-state index in [1.54, 1.807) is 19.1 Å². The van der Waals surface area contributed by atoms with E-state index in [2.05, 4.69) is 25.5 Å². The molecule has 1 aromatic carbocycles. The summed E-state index contributed by atoms with van der Waals surface area (Å²) in [5.74, 6) is 0.311. The molecule has 2 heterocycles. The lowest BCUT2D eigenvalue weighted by molar-refractivity contribution is 0.0908. The number of halogens is 1. The number of H-pyrrole nitrogens is 1. The van der Waals surface area contributed by atoms with Crippen molar-refractivity contribution in [3.8, 4) is 0 Å². The Morgan fingerprint density at radius 1 is 1.17 bits per heavy atom. The first-order valence-corrected chi connectivity index (χ1v) is 7.93. The van der Waals surface area contributed by atoms with E-state index in [0.717, 1.165) is 11.3 Å². The summed E-state index contributed by atoms with van der Waals surface area (Å²) in [5, 5.41) is 10.6. The molecule has 0 aliphatic rings. The highest BCUT2D eigenvalue weighted by Crippen LogP contribution is 2.23. The minimum Gasteiger partial charge on any atom is -0.342 e. The molecule has 2 N–H and O–H groups in total. The van der Waals surface area contributed by atoms with Crippen molar-refractivity contribution in [2.45, 2.75) is 33.2 Å². The maximum atomic E-state index is 12.7. The summed E-state index contributed by atoms with van der Waals surface area (Å²) in [6, 6.07) is 7.38. The van der Waals surface area contributed by atoms with E-state index in [9.17, 15) is 4.79 Å². The smallest absolute Gasteiger partial charge is 0.274 e. The van der Waals surface area contributed by atoms with E-state index < -0.39 is 5.54 Å². The fourth-order valence-corrected chi connectivity index (χ4v) is 2.75. The predicted molar refractivity (Wildman–Crippen MR) is 93.1 cm³/mol. The predicted octanol–water partition coefficient (Wildman–Crippen LogP) is 3.29. The molecule has 24 heavy (non-hydrogen) atoms.